The molecule has 0 saturated carbocycles. The van der Waals surface area contributed by atoms with Gasteiger partial charge in [-0.05, 0) is 35.3 Å². The van der Waals surface area contributed by atoms with Gasteiger partial charge in [0.1, 0.15) is 11.3 Å². The molecule has 0 heterocycles. The van der Waals surface area contributed by atoms with Crippen LogP contribution in [0, 0.1) is 0 Å². The topological polar surface area (TPSA) is 57.5 Å². The third-order valence-electron chi connectivity index (χ3n) is 4.67. The maximum atomic E-state index is 11.2. The third-order valence-corrected chi connectivity index (χ3v) is 5.44. The number of carbonyl (C=O) groups is 1. The standard InChI is InChI=1S/C21H33IO3/c22-17-12-10-8-6-4-2-1-3-5-7-9-11-14-18-15-13-16-19(23)20(18)21(24)25/h13,15-16,23H,1-12,14,17H2,(H,24,25). The quantitative estimate of drug-likeness (QED) is 0.173. The predicted molar refractivity (Wildman–Crippen MR) is 113 cm³/mol. The Morgan fingerprint density at radius 1 is 0.800 bits per heavy atom. The highest BCUT2D eigenvalue weighted by Gasteiger charge is 2.14. The van der Waals surface area contributed by atoms with E-state index in [1.807, 2.05) is 6.07 Å². The Kier molecular flexibility index (Phi) is 12.8. The molecule has 1 rings (SSSR count). The molecule has 0 aliphatic rings. The van der Waals surface area contributed by atoms with Crippen molar-refractivity contribution in [3.8, 4) is 5.75 Å². The van der Waals surface area contributed by atoms with Crippen LogP contribution in [-0.2, 0) is 6.42 Å². The monoisotopic (exact) mass is 460 g/mol. The van der Waals surface area contributed by atoms with Gasteiger partial charge in [-0.25, -0.2) is 4.79 Å². The predicted octanol–water partition coefficient (Wildman–Crippen LogP) is 6.75. The van der Waals surface area contributed by atoms with Gasteiger partial charge in [0, 0.05) is 0 Å². The summed E-state index contributed by atoms with van der Waals surface area (Å²) in [5.41, 5.74) is 0.816. The summed E-state index contributed by atoms with van der Waals surface area (Å²) in [5.74, 6) is -1.17. The fourth-order valence-electron chi connectivity index (χ4n) is 3.22. The number of phenols is 1. The van der Waals surface area contributed by atoms with Gasteiger partial charge in [-0.15, -0.1) is 0 Å². The zero-order valence-corrected chi connectivity index (χ0v) is 17.5. The fourth-order valence-corrected chi connectivity index (χ4v) is 3.76. The Balaban J connectivity index is 2.01. The molecule has 2 N–H and O–H groups in total. The minimum atomic E-state index is -1.04. The molecular weight excluding hydrogens is 427 g/mol. The van der Waals surface area contributed by atoms with Crippen LogP contribution in [0.25, 0.3) is 0 Å². The molecule has 0 fully saturated rings. The Bertz CT molecular complexity index is 488. The summed E-state index contributed by atoms with van der Waals surface area (Å²) in [6.45, 7) is 0. The normalized spacial score (nSPS) is 10.9. The number of carboxylic acid groups (broad SMARTS) is 1. The first-order valence-electron chi connectivity index (χ1n) is 9.77. The molecule has 0 aliphatic carbocycles. The number of benzene rings is 1. The molecule has 0 unspecified atom stereocenters. The van der Waals surface area contributed by atoms with Crippen LogP contribution in [0.2, 0.25) is 0 Å². The summed E-state index contributed by atoms with van der Waals surface area (Å²) in [5, 5.41) is 18.9. The summed E-state index contributed by atoms with van der Waals surface area (Å²) in [7, 11) is 0. The summed E-state index contributed by atoms with van der Waals surface area (Å²) in [4.78, 5) is 11.2. The van der Waals surface area contributed by atoms with Crippen LogP contribution in [0.5, 0.6) is 5.75 Å². The largest absolute Gasteiger partial charge is 0.507 e. The van der Waals surface area contributed by atoms with Crippen molar-refractivity contribution in [2.75, 3.05) is 4.43 Å². The lowest BCUT2D eigenvalue weighted by molar-refractivity contribution is 0.0692. The Morgan fingerprint density at radius 2 is 1.28 bits per heavy atom. The van der Waals surface area contributed by atoms with Crippen molar-refractivity contribution >= 4 is 28.6 Å². The third kappa shape index (κ3) is 10.1. The molecule has 4 heteroatoms. The molecular formula is C21H33IO3. The number of alkyl halides is 1. The average molecular weight is 460 g/mol. The Labute approximate surface area is 166 Å². The maximum absolute atomic E-state index is 11.2. The lowest BCUT2D eigenvalue weighted by Gasteiger charge is -2.08. The number of aryl methyl sites for hydroxylation is 1. The molecule has 0 aromatic heterocycles. The van der Waals surface area contributed by atoms with Gasteiger partial charge in [0.15, 0.2) is 0 Å². The van der Waals surface area contributed by atoms with E-state index in [2.05, 4.69) is 22.6 Å². The van der Waals surface area contributed by atoms with Gasteiger partial charge in [0.25, 0.3) is 0 Å². The van der Waals surface area contributed by atoms with Crippen molar-refractivity contribution in [2.45, 2.75) is 83.5 Å². The van der Waals surface area contributed by atoms with Crippen molar-refractivity contribution in [1.29, 1.82) is 0 Å². The number of rotatable bonds is 15. The average Bonchev–Trinajstić information content (AvgIpc) is 2.58. The summed E-state index contributed by atoms with van der Waals surface area (Å²) in [6.07, 6.45) is 16.3. The smallest absolute Gasteiger partial charge is 0.339 e. The van der Waals surface area contributed by atoms with Gasteiger partial charge in [-0.3, -0.25) is 0 Å². The molecule has 25 heavy (non-hydrogen) atoms. The minimum Gasteiger partial charge on any atom is -0.507 e. The summed E-state index contributed by atoms with van der Waals surface area (Å²) >= 11 is 2.45. The second-order valence-electron chi connectivity index (χ2n) is 6.80. The zero-order chi connectivity index (χ0) is 18.3. The maximum Gasteiger partial charge on any atom is 0.339 e. The first-order valence-corrected chi connectivity index (χ1v) is 11.3. The van der Waals surface area contributed by atoms with Crippen molar-refractivity contribution in [3.63, 3.8) is 0 Å². The number of aromatic hydroxyl groups is 1. The number of hydrogen-bond donors (Lipinski definition) is 2. The number of carboxylic acids is 1. The van der Waals surface area contributed by atoms with Crippen LogP contribution in [-0.4, -0.2) is 20.6 Å². The van der Waals surface area contributed by atoms with Gasteiger partial charge < -0.3 is 10.2 Å². The molecule has 0 aliphatic heterocycles. The molecule has 142 valence electrons. The van der Waals surface area contributed by atoms with Gasteiger partial charge in [0.05, 0.1) is 0 Å². The molecule has 0 spiro atoms. The lowest BCUT2D eigenvalue weighted by atomic mass is 9.99. The van der Waals surface area contributed by atoms with Crippen LogP contribution in [0.15, 0.2) is 18.2 Å². The first kappa shape index (κ1) is 22.3. The van der Waals surface area contributed by atoms with Gasteiger partial charge >= 0.3 is 5.97 Å². The van der Waals surface area contributed by atoms with Crippen LogP contribution in [0.3, 0.4) is 0 Å². The van der Waals surface area contributed by atoms with Gasteiger partial charge in [-0.1, -0.05) is 98.9 Å². The zero-order valence-electron chi connectivity index (χ0n) is 15.3. The summed E-state index contributed by atoms with van der Waals surface area (Å²) in [6, 6.07) is 4.97. The number of halogens is 1. The first-order chi connectivity index (χ1) is 12.2. The highest BCUT2D eigenvalue weighted by Crippen LogP contribution is 2.23. The van der Waals surface area contributed by atoms with Crippen LogP contribution in [0.4, 0.5) is 0 Å². The van der Waals surface area contributed by atoms with Crippen molar-refractivity contribution < 1.29 is 15.0 Å². The lowest BCUT2D eigenvalue weighted by Crippen LogP contribution is -2.03. The molecule has 0 amide bonds. The molecule has 0 atom stereocenters. The molecule has 1 aromatic rings. The molecule has 0 bridgehead atoms. The van der Waals surface area contributed by atoms with Crippen molar-refractivity contribution in [3.05, 3.63) is 29.3 Å². The second-order valence-corrected chi connectivity index (χ2v) is 7.88. The van der Waals surface area contributed by atoms with Crippen LogP contribution < -0.4 is 0 Å². The molecule has 3 nitrogen and oxygen atoms in total. The van der Waals surface area contributed by atoms with E-state index < -0.39 is 5.97 Å². The highest BCUT2D eigenvalue weighted by molar-refractivity contribution is 14.1. The number of hydrogen-bond acceptors (Lipinski definition) is 2. The minimum absolute atomic E-state index is 0.0704. The van der Waals surface area contributed by atoms with Gasteiger partial charge in [-0.2, -0.15) is 0 Å². The molecule has 0 saturated heterocycles. The van der Waals surface area contributed by atoms with Crippen molar-refractivity contribution in [1.82, 2.24) is 0 Å². The fraction of sp³-hybridized carbons (Fsp3) is 0.667. The SMILES string of the molecule is O=C(O)c1c(O)cccc1CCCCCCCCCCCCCCI. The Morgan fingerprint density at radius 3 is 1.76 bits per heavy atom. The van der Waals surface area contributed by atoms with Gasteiger partial charge in [0.2, 0.25) is 0 Å². The highest BCUT2D eigenvalue weighted by atomic mass is 127. The number of unbranched alkanes of at least 4 members (excludes halogenated alkanes) is 11. The van der Waals surface area contributed by atoms with E-state index in [-0.39, 0.29) is 11.3 Å². The number of aromatic carboxylic acids is 1. The Hall–Kier alpha value is -0.780. The van der Waals surface area contributed by atoms with E-state index in [9.17, 15) is 15.0 Å². The molecule has 1 aromatic carbocycles. The van der Waals surface area contributed by atoms with Crippen molar-refractivity contribution in [2.24, 2.45) is 0 Å². The van der Waals surface area contributed by atoms with E-state index >= 15 is 0 Å². The van der Waals surface area contributed by atoms with E-state index in [0.717, 1.165) is 24.8 Å². The van der Waals surface area contributed by atoms with Crippen LogP contribution >= 0.6 is 22.6 Å². The molecule has 0 radical (unpaired) electrons. The summed E-state index contributed by atoms with van der Waals surface area (Å²) < 4.78 is 1.29. The second kappa shape index (κ2) is 14.4. The van der Waals surface area contributed by atoms with E-state index in [1.165, 1.54) is 74.7 Å². The van der Waals surface area contributed by atoms with Crippen LogP contribution in [0.1, 0.15) is 93.0 Å². The van der Waals surface area contributed by atoms with E-state index in [1.54, 1.807) is 6.07 Å². The van der Waals surface area contributed by atoms with E-state index in [0.29, 0.717) is 0 Å². The van der Waals surface area contributed by atoms with E-state index in [4.69, 9.17) is 0 Å².